The lowest BCUT2D eigenvalue weighted by atomic mass is 9.96. The Labute approximate surface area is 221 Å². The quantitative estimate of drug-likeness (QED) is 0.242. The summed E-state index contributed by atoms with van der Waals surface area (Å²) >= 11 is 0. The third-order valence-corrected chi connectivity index (χ3v) is 6.90. The molecular weight excluding hydrogens is 464 g/mol. The SMILES string of the molecule is c1ccc(-c2ccccc2-c2oc(-c3cn(-c4ccccc4)nc3-c3ccccc3)c3ccccc23)cc1. The molecule has 3 nitrogen and oxygen atoms in total. The third-order valence-electron chi connectivity index (χ3n) is 6.90. The molecule has 0 atom stereocenters. The van der Waals surface area contributed by atoms with Crippen LogP contribution in [0.25, 0.3) is 61.5 Å². The van der Waals surface area contributed by atoms with Crippen LogP contribution in [0.2, 0.25) is 0 Å². The summed E-state index contributed by atoms with van der Waals surface area (Å²) in [5.41, 5.74) is 7.26. The summed E-state index contributed by atoms with van der Waals surface area (Å²) in [6.45, 7) is 0. The van der Waals surface area contributed by atoms with Crippen molar-refractivity contribution >= 4 is 10.8 Å². The van der Waals surface area contributed by atoms with Crippen LogP contribution in [-0.4, -0.2) is 9.78 Å². The second-order valence-electron chi connectivity index (χ2n) is 9.26. The van der Waals surface area contributed by atoms with Gasteiger partial charge in [-0.15, -0.1) is 0 Å². The minimum atomic E-state index is 0.819. The first-order chi connectivity index (χ1) is 18.9. The molecule has 38 heavy (non-hydrogen) atoms. The molecule has 7 rings (SSSR count). The van der Waals surface area contributed by atoms with E-state index in [2.05, 4.69) is 103 Å². The number of rotatable bonds is 5. The Kier molecular flexibility index (Phi) is 5.45. The number of furan rings is 1. The van der Waals surface area contributed by atoms with Crippen molar-refractivity contribution in [2.45, 2.75) is 0 Å². The van der Waals surface area contributed by atoms with Crippen molar-refractivity contribution in [1.82, 2.24) is 9.78 Å². The fraction of sp³-hybridized carbons (Fsp3) is 0. The van der Waals surface area contributed by atoms with Gasteiger partial charge in [-0.1, -0.05) is 127 Å². The zero-order valence-corrected chi connectivity index (χ0v) is 20.7. The minimum Gasteiger partial charge on any atom is -0.455 e. The summed E-state index contributed by atoms with van der Waals surface area (Å²) in [5, 5.41) is 7.18. The lowest BCUT2D eigenvalue weighted by Gasteiger charge is -2.08. The Morgan fingerprint density at radius 2 is 0.947 bits per heavy atom. The Morgan fingerprint density at radius 3 is 1.61 bits per heavy atom. The maximum atomic E-state index is 6.86. The number of aromatic nitrogens is 2. The Balaban J connectivity index is 1.49. The van der Waals surface area contributed by atoms with Gasteiger partial charge in [0.1, 0.15) is 17.2 Å². The molecule has 0 amide bonds. The van der Waals surface area contributed by atoms with Crippen LogP contribution < -0.4 is 0 Å². The van der Waals surface area contributed by atoms with Gasteiger partial charge in [-0.2, -0.15) is 5.10 Å². The number of fused-ring (bicyclic) bond motifs is 1. The van der Waals surface area contributed by atoms with Crippen LogP contribution in [0.5, 0.6) is 0 Å². The lowest BCUT2D eigenvalue weighted by Crippen LogP contribution is -1.93. The molecule has 0 aliphatic heterocycles. The Hall–Kier alpha value is -5.15. The van der Waals surface area contributed by atoms with Gasteiger partial charge in [-0.25, -0.2) is 4.68 Å². The van der Waals surface area contributed by atoms with Crippen LogP contribution in [0.3, 0.4) is 0 Å². The monoisotopic (exact) mass is 488 g/mol. The number of benzene rings is 5. The smallest absolute Gasteiger partial charge is 0.146 e. The predicted octanol–water partition coefficient (Wildman–Crippen LogP) is 9.29. The summed E-state index contributed by atoms with van der Waals surface area (Å²) in [6, 6.07) is 47.8. The van der Waals surface area contributed by atoms with Gasteiger partial charge >= 0.3 is 0 Å². The zero-order chi connectivity index (χ0) is 25.3. The molecule has 2 heterocycles. The summed E-state index contributed by atoms with van der Waals surface area (Å²) in [4.78, 5) is 0. The molecule has 0 saturated heterocycles. The molecule has 180 valence electrons. The van der Waals surface area contributed by atoms with Crippen LogP contribution in [0.4, 0.5) is 0 Å². The van der Waals surface area contributed by atoms with Crippen LogP contribution in [0.15, 0.2) is 150 Å². The van der Waals surface area contributed by atoms with E-state index < -0.39 is 0 Å². The fourth-order valence-electron chi connectivity index (χ4n) is 5.10. The molecule has 0 aliphatic carbocycles. The van der Waals surface area contributed by atoms with Crippen molar-refractivity contribution in [3.05, 3.63) is 146 Å². The van der Waals surface area contributed by atoms with E-state index in [4.69, 9.17) is 9.52 Å². The molecular formula is C35H24N2O. The second kappa shape index (κ2) is 9.38. The van der Waals surface area contributed by atoms with Crippen LogP contribution >= 0.6 is 0 Å². The lowest BCUT2D eigenvalue weighted by molar-refractivity contribution is 0.602. The molecule has 2 aromatic heterocycles. The molecule has 0 N–H and O–H groups in total. The first-order valence-electron chi connectivity index (χ1n) is 12.7. The molecule has 7 aromatic rings. The summed E-state index contributed by atoms with van der Waals surface area (Å²) < 4.78 is 8.79. The van der Waals surface area contributed by atoms with Crippen LogP contribution in [0.1, 0.15) is 0 Å². The van der Waals surface area contributed by atoms with Gasteiger partial charge < -0.3 is 4.42 Å². The summed E-state index contributed by atoms with van der Waals surface area (Å²) in [7, 11) is 0. The molecule has 0 spiro atoms. The maximum absolute atomic E-state index is 6.86. The molecule has 0 unspecified atom stereocenters. The second-order valence-corrected chi connectivity index (χ2v) is 9.26. The van der Waals surface area contributed by atoms with Gasteiger partial charge in [-0.3, -0.25) is 0 Å². The molecule has 0 aliphatic rings. The third kappa shape index (κ3) is 3.82. The highest BCUT2D eigenvalue weighted by Crippen LogP contribution is 2.44. The van der Waals surface area contributed by atoms with E-state index in [0.717, 1.165) is 61.5 Å². The van der Waals surface area contributed by atoms with E-state index in [-0.39, 0.29) is 0 Å². The number of para-hydroxylation sites is 1. The summed E-state index contributed by atoms with van der Waals surface area (Å²) in [5.74, 6) is 1.68. The van der Waals surface area contributed by atoms with Crippen LogP contribution in [-0.2, 0) is 0 Å². The van der Waals surface area contributed by atoms with E-state index in [1.165, 1.54) is 0 Å². The van der Waals surface area contributed by atoms with E-state index in [1.54, 1.807) is 0 Å². The maximum Gasteiger partial charge on any atom is 0.146 e. The van der Waals surface area contributed by atoms with Gasteiger partial charge in [-0.05, 0) is 23.3 Å². The van der Waals surface area contributed by atoms with Crippen molar-refractivity contribution in [3.63, 3.8) is 0 Å². The van der Waals surface area contributed by atoms with Crippen LogP contribution in [0, 0.1) is 0 Å². The number of nitrogens with zero attached hydrogens (tertiary/aromatic N) is 2. The first-order valence-corrected chi connectivity index (χ1v) is 12.7. The van der Waals surface area contributed by atoms with Gasteiger partial charge in [0.05, 0.1) is 11.3 Å². The topological polar surface area (TPSA) is 31.0 Å². The molecule has 5 aromatic carbocycles. The van der Waals surface area contributed by atoms with Gasteiger partial charge in [0.2, 0.25) is 0 Å². The van der Waals surface area contributed by atoms with E-state index in [9.17, 15) is 0 Å². The number of hydrogen-bond donors (Lipinski definition) is 0. The van der Waals surface area contributed by atoms with E-state index >= 15 is 0 Å². The zero-order valence-electron chi connectivity index (χ0n) is 20.7. The summed E-state index contributed by atoms with van der Waals surface area (Å²) in [6.07, 6.45) is 2.08. The van der Waals surface area contributed by atoms with Crippen molar-refractivity contribution in [1.29, 1.82) is 0 Å². The Morgan fingerprint density at radius 1 is 0.447 bits per heavy atom. The fourth-order valence-corrected chi connectivity index (χ4v) is 5.10. The molecule has 0 fully saturated rings. The van der Waals surface area contributed by atoms with Gasteiger partial charge in [0, 0.05) is 28.1 Å². The average molecular weight is 489 g/mol. The normalized spacial score (nSPS) is 11.2. The highest BCUT2D eigenvalue weighted by atomic mass is 16.3. The standard InChI is InChI=1S/C35H24N2O/c1-4-14-25(15-5-1)28-20-10-11-21-29(28)34-30-22-12-13-23-31(30)35(38-34)32-24-37(27-18-8-3-9-19-27)36-33(32)26-16-6-2-7-17-26/h1-24H. The van der Waals surface area contributed by atoms with Gasteiger partial charge in [0.15, 0.2) is 0 Å². The number of hydrogen-bond acceptors (Lipinski definition) is 2. The van der Waals surface area contributed by atoms with E-state index in [0.29, 0.717) is 0 Å². The van der Waals surface area contributed by atoms with Gasteiger partial charge in [0.25, 0.3) is 0 Å². The molecule has 0 bridgehead atoms. The molecule has 0 saturated carbocycles. The largest absolute Gasteiger partial charge is 0.455 e. The Bertz CT molecular complexity index is 1850. The highest BCUT2D eigenvalue weighted by Gasteiger charge is 2.23. The first kappa shape index (κ1) is 22.1. The van der Waals surface area contributed by atoms with Crippen molar-refractivity contribution < 1.29 is 4.42 Å². The van der Waals surface area contributed by atoms with Crippen molar-refractivity contribution in [2.75, 3.05) is 0 Å². The molecule has 3 heteroatoms. The van der Waals surface area contributed by atoms with Crippen molar-refractivity contribution in [3.8, 4) is 50.7 Å². The highest BCUT2D eigenvalue weighted by molar-refractivity contribution is 6.06. The van der Waals surface area contributed by atoms with E-state index in [1.807, 2.05) is 47.1 Å². The van der Waals surface area contributed by atoms with Crippen molar-refractivity contribution in [2.24, 2.45) is 0 Å². The minimum absolute atomic E-state index is 0.819. The predicted molar refractivity (Wildman–Crippen MR) is 155 cm³/mol. The average Bonchev–Trinajstić information content (AvgIpc) is 3.61. The molecule has 0 radical (unpaired) electrons.